The summed E-state index contributed by atoms with van der Waals surface area (Å²) in [4.78, 5) is 24.9. The van der Waals surface area contributed by atoms with Gasteiger partial charge in [0.05, 0.1) is 24.7 Å². The number of ether oxygens (including phenoxy) is 3. The van der Waals surface area contributed by atoms with E-state index in [-0.39, 0.29) is 5.43 Å². The maximum atomic E-state index is 13.0. The number of methoxy groups -OCH3 is 1. The van der Waals surface area contributed by atoms with Gasteiger partial charge in [-0.05, 0) is 31.5 Å². The van der Waals surface area contributed by atoms with Crippen molar-refractivity contribution in [3.63, 3.8) is 0 Å². The summed E-state index contributed by atoms with van der Waals surface area (Å²) >= 11 is 0. The molecular formula is C23H24O6. The molecule has 0 amide bonds. The van der Waals surface area contributed by atoms with Crippen LogP contribution in [0, 0.1) is 0 Å². The summed E-state index contributed by atoms with van der Waals surface area (Å²) in [5.41, 5.74) is 1.28. The van der Waals surface area contributed by atoms with Crippen LogP contribution in [-0.4, -0.2) is 25.8 Å². The summed E-state index contributed by atoms with van der Waals surface area (Å²) in [6.07, 6.45) is 2.41. The van der Waals surface area contributed by atoms with Crippen LogP contribution in [0.2, 0.25) is 0 Å². The lowest BCUT2D eigenvalue weighted by Crippen LogP contribution is -2.26. The first-order valence-electron chi connectivity index (χ1n) is 9.57. The van der Waals surface area contributed by atoms with Crippen molar-refractivity contribution in [1.29, 1.82) is 0 Å². The molecule has 0 fully saturated rings. The van der Waals surface area contributed by atoms with Crippen LogP contribution >= 0.6 is 0 Å². The van der Waals surface area contributed by atoms with Crippen molar-refractivity contribution in [1.82, 2.24) is 0 Å². The number of hydrogen-bond acceptors (Lipinski definition) is 6. The van der Waals surface area contributed by atoms with Crippen molar-refractivity contribution in [3.05, 3.63) is 59.0 Å². The van der Waals surface area contributed by atoms with Crippen LogP contribution in [0.5, 0.6) is 11.5 Å². The maximum Gasteiger partial charge on any atom is 0.347 e. The van der Waals surface area contributed by atoms with Gasteiger partial charge in [-0.3, -0.25) is 4.79 Å². The first kappa shape index (κ1) is 20.5. The first-order chi connectivity index (χ1) is 14.0. The highest BCUT2D eigenvalue weighted by Crippen LogP contribution is 2.29. The topological polar surface area (TPSA) is 75.0 Å². The summed E-state index contributed by atoms with van der Waals surface area (Å²) in [5, 5.41) is 0.416. The average molecular weight is 396 g/mol. The minimum absolute atomic E-state index is 0.172. The molecule has 0 unspecified atom stereocenters. The molecule has 0 saturated carbocycles. The number of para-hydroxylation sites is 1. The van der Waals surface area contributed by atoms with Gasteiger partial charge in [-0.2, -0.15) is 0 Å². The van der Waals surface area contributed by atoms with Gasteiger partial charge in [0.25, 0.3) is 0 Å². The van der Waals surface area contributed by atoms with Gasteiger partial charge in [0.2, 0.25) is 5.43 Å². The highest BCUT2D eigenvalue weighted by molar-refractivity contribution is 5.84. The standard InChI is InChI=1S/C23H24O6/c1-4-5-12-27-23(25)15(2)29-16-10-11-18-21(13-16)28-14-19(22(18)24)17-8-6-7-9-20(17)26-3/h6-11,13-15H,4-5,12H2,1-3H3/t15-/m0/s1. The molecule has 0 aliphatic carbocycles. The number of fused-ring (bicyclic) bond motifs is 1. The second kappa shape index (κ2) is 9.28. The van der Waals surface area contributed by atoms with E-state index in [1.807, 2.05) is 19.1 Å². The van der Waals surface area contributed by atoms with Crippen molar-refractivity contribution in [3.8, 4) is 22.6 Å². The molecule has 0 aliphatic rings. The SMILES string of the molecule is CCCCOC(=O)[C@H](C)Oc1ccc2c(=O)c(-c3ccccc3OC)coc2c1. The lowest BCUT2D eigenvalue weighted by Gasteiger charge is -2.14. The smallest absolute Gasteiger partial charge is 0.347 e. The van der Waals surface area contributed by atoms with Crippen LogP contribution in [-0.2, 0) is 9.53 Å². The Bertz CT molecular complexity index is 1050. The van der Waals surface area contributed by atoms with E-state index in [1.54, 1.807) is 44.4 Å². The largest absolute Gasteiger partial charge is 0.496 e. The van der Waals surface area contributed by atoms with Gasteiger partial charge in [0.15, 0.2) is 6.10 Å². The van der Waals surface area contributed by atoms with E-state index in [1.165, 1.54) is 6.26 Å². The van der Waals surface area contributed by atoms with Crippen LogP contribution in [0.4, 0.5) is 0 Å². The fourth-order valence-electron chi connectivity index (χ4n) is 2.92. The molecule has 1 aromatic heterocycles. The molecule has 1 heterocycles. The van der Waals surface area contributed by atoms with Crippen molar-refractivity contribution in [2.45, 2.75) is 32.8 Å². The van der Waals surface area contributed by atoms with Gasteiger partial charge in [0.1, 0.15) is 23.3 Å². The van der Waals surface area contributed by atoms with Crippen molar-refractivity contribution >= 4 is 16.9 Å². The average Bonchev–Trinajstić information content (AvgIpc) is 2.74. The van der Waals surface area contributed by atoms with Crippen LogP contribution < -0.4 is 14.9 Å². The molecule has 1 atom stereocenters. The minimum atomic E-state index is -0.760. The Labute approximate surface area is 169 Å². The Morgan fingerprint density at radius 2 is 1.93 bits per heavy atom. The molecule has 6 heteroatoms. The van der Waals surface area contributed by atoms with Gasteiger partial charge in [-0.1, -0.05) is 31.5 Å². The van der Waals surface area contributed by atoms with E-state index < -0.39 is 12.1 Å². The van der Waals surface area contributed by atoms with Gasteiger partial charge >= 0.3 is 5.97 Å². The maximum absolute atomic E-state index is 13.0. The van der Waals surface area contributed by atoms with E-state index >= 15 is 0 Å². The molecule has 3 aromatic rings. The van der Waals surface area contributed by atoms with Crippen LogP contribution in [0.15, 0.2) is 57.9 Å². The Kier molecular flexibility index (Phi) is 6.54. The Hall–Kier alpha value is -3.28. The van der Waals surface area contributed by atoms with Gasteiger partial charge in [-0.15, -0.1) is 0 Å². The van der Waals surface area contributed by atoms with Crippen LogP contribution in [0.1, 0.15) is 26.7 Å². The van der Waals surface area contributed by atoms with E-state index in [2.05, 4.69) is 0 Å². The van der Waals surface area contributed by atoms with E-state index in [0.29, 0.717) is 40.2 Å². The zero-order chi connectivity index (χ0) is 20.8. The molecule has 0 radical (unpaired) electrons. The highest BCUT2D eigenvalue weighted by atomic mass is 16.6. The molecule has 0 bridgehead atoms. The van der Waals surface area contributed by atoms with Crippen molar-refractivity contribution in [2.24, 2.45) is 0 Å². The third-order valence-electron chi connectivity index (χ3n) is 4.53. The summed E-state index contributed by atoms with van der Waals surface area (Å²) in [6.45, 7) is 4.02. The molecule has 0 saturated heterocycles. The fourth-order valence-corrected chi connectivity index (χ4v) is 2.92. The highest BCUT2D eigenvalue weighted by Gasteiger charge is 2.18. The monoisotopic (exact) mass is 396 g/mol. The first-order valence-corrected chi connectivity index (χ1v) is 9.57. The fraction of sp³-hybridized carbons (Fsp3) is 0.304. The summed E-state index contributed by atoms with van der Waals surface area (Å²) in [6, 6.07) is 12.1. The predicted molar refractivity (Wildman–Crippen MR) is 110 cm³/mol. The third kappa shape index (κ3) is 4.59. The van der Waals surface area contributed by atoms with E-state index in [4.69, 9.17) is 18.6 Å². The van der Waals surface area contributed by atoms with Gasteiger partial charge in [0, 0.05) is 11.6 Å². The number of rotatable bonds is 8. The number of benzene rings is 2. The Morgan fingerprint density at radius 1 is 1.14 bits per heavy atom. The molecule has 3 rings (SSSR count). The normalized spacial score (nSPS) is 11.8. The molecule has 152 valence electrons. The van der Waals surface area contributed by atoms with Crippen LogP contribution in [0.25, 0.3) is 22.1 Å². The van der Waals surface area contributed by atoms with E-state index in [0.717, 1.165) is 12.8 Å². The second-order valence-electron chi connectivity index (χ2n) is 6.62. The second-order valence-corrected chi connectivity index (χ2v) is 6.62. The lowest BCUT2D eigenvalue weighted by atomic mass is 10.0. The number of esters is 1. The number of hydrogen-bond donors (Lipinski definition) is 0. The summed E-state index contributed by atoms with van der Waals surface area (Å²) < 4.78 is 21.8. The molecule has 0 N–H and O–H groups in total. The number of carbonyl (C=O) groups excluding carboxylic acids is 1. The lowest BCUT2D eigenvalue weighted by molar-refractivity contribution is -0.151. The van der Waals surface area contributed by atoms with E-state index in [9.17, 15) is 9.59 Å². The zero-order valence-corrected chi connectivity index (χ0v) is 16.8. The zero-order valence-electron chi connectivity index (χ0n) is 16.8. The number of unbranched alkanes of at least 4 members (excludes halogenated alkanes) is 1. The number of carbonyl (C=O) groups is 1. The molecule has 0 aliphatic heterocycles. The van der Waals surface area contributed by atoms with Gasteiger partial charge in [-0.25, -0.2) is 4.79 Å². The molecule has 6 nitrogen and oxygen atoms in total. The quantitative estimate of drug-likeness (QED) is 0.410. The van der Waals surface area contributed by atoms with Crippen molar-refractivity contribution in [2.75, 3.05) is 13.7 Å². The summed E-state index contributed by atoms with van der Waals surface area (Å²) in [7, 11) is 1.56. The molecular weight excluding hydrogens is 372 g/mol. The molecule has 0 spiro atoms. The van der Waals surface area contributed by atoms with Crippen LogP contribution in [0.3, 0.4) is 0 Å². The minimum Gasteiger partial charge on any atom is -0.496 e. The van der Waals surface area contributed by atoms with Crippen molar-refractivity contribution < 1.29 is 23.4 Å². The molecule has 29 heavy (non-hydrogen) atoms. The Balaban J connectivity index is 1.85. The predicted octanol–water partition coefficient (Wildman–Crippen LogP) is 4.58. The van der Waals surface area contributed by atoms with Gasteiger partial charge < -0.3 is 18.6 Å². The molecule has 2 aromatic carbocycles. The third-order valence-corrected chi connectivity index (χ3v) is 4.53. The Morgan fingerprint density at radius 3 is 2.69 bits per heavy atom. The summed E-state index contributed by atoms with van der Waals surface area (Å²) in [5.74, 6) is 0.590.